The predicted octanol–water partition coefficient (Wildman–Crippen LogP) is 1.83. The molecule has 0 aliphatic heterocycles. The molecule has 1 amide bonds. The van der Waals surface area contributed by atoms with Crippen LogP contribution in [0.5, 0.6) is 0 Å². The van der Waals surface area contributed by atoms with Crippen molar-refractivity contribution >= 4 is 17.2 Å². The Kier molecular flexibility index (Phi) is 3.80. The SMILES string of the molecule is COC(C)C(=O)Nc1ccc2nnc(C(C)C)n2c1. The van der Waals surface area contributed by atoms with Crippen LogP contribution in [0.25, 0.3) is 5.65 Å². The van der Waals surface area contributed by atoms with Gasteiger partial charge in [0.15, 0.2) is 5.65 Å². The number of carbonyl (C=O) groups excluding carboxylic acids is 1. The Morgan fingerprint density at radius 3 is 2.68 bits per heavy atom. The van der Waals surface area contributed by atoms with Crippen LogP contribution in [0.4, 0.5) is 5.69 Å². The molecule has 0 radical (unpaired) electrons. The van der Waals surface area contributed by atoms with E-state index in [0.29, 0.717) is 5.69 Å². The molecule has 102 valence electrons. The highest BCUT2D eigenvalue weighted by Crippen LogP contribution is 2.16. The standard InChI is InChI=1S/C13H18N4O2/c1-8(2)12-16-15-11-6-5-10(7-17(11)12)14-13(18)9(3)19-4/h5-9H,1-4H3,(H,14,18). The van der Waals surface area contributed by atoms with E-state index in [1.807, 2.05) is 16.7 Å². The van der Waals surface area contributed by atoms with Gasteiger partial charge in [-0.3, -0.25) is 9.20 Å². The number of methoxy groups -OCH3 is 1. The van der Waals surface area contributed by atoms with E-state index in [1.54, 1.807) is 13.0 Å². The van der Waals surface area contributed by atoms with Gasteiger partial charge >= 0.3 is 0 Å². The zero-order valence-electron chi connectivity index (χ0n) is 11.5. The van der Waals surface area contributed by atoms with Crippen molar-refractivity contribution in [3.05, 3.63) is 24.2 Å². The van der Waals surface area contributed by atoms with E-state index >= 15 is 0 Å². The van der Waals surface area contributed by atoms with Gasteiger partial charge in [0.2, 0.25) is 0 Å². The number of carbonyl (C=O) groups is 1. The smallest absolute Gasteiger partial charge is 0.253 e. The number of hydrogen-bond donors (Lipinski definition) is 1. The van der Waals surface area contributed by atoms with Gasteiger partial charge in [0.25, 0.3) is 5.91 Å². The van der Waals surface area contributed by atoms with Gasteiger partial charge in [0.05, 0.1) is 5.69 Å². The summed E-state index contributed by atoms with van der Waals surface area (Å²) in [5, 5.41) is 11.0. The van der Waals surface area contributed by atoms with E-state index in [0.717, 1.165) is 11.5 Å². The van der Waals surface area contributed by atoms with Crippen molar-refractivity contribution in [1.82, 2.24) is 14.6 Å². The van der Waals surface area contributed by atoms with Crippen molar-refractivity contribution < 1.29 is 9.53 Å². The van der Waals surface area contributed by atoms with Gasteiger partial charge in [-0.05, 0) is 19.1 Å². The van der Waals surface area contributed by atoms with E-state index in [-0.39, 0.29) is 11.8 Å². The number of anilines is 1. The lowest BCUT2D eigenvalue weighted by Crippen LogP contribution is -2.26. The Labute approximate surface area is 111 Å². The number of aromatic nitrogens is 3. The highest BCUT2D eigenvalue weighted by Gasteiger charge is 2.13. The minimum absolute atomic E-state index is 0.180. The monoisotopic (exact) mass is 262 g/mol. The minimum atomic E-state index is -0.485. The second-order valence-corrected chi connectivity index (χ2v) is 4.73. The Balaban J connectivity index is 2.30. The lowest BCUT2D eigenvalue weighted by Gasteiger charge is -2.11. The maximum absolute atomic E-state index is 11.8. The van der Waals surface area contributed by atoms with Gasteiger partial charge in [0.1, 0.15) is 11.9 Å². The summed E-state index contributed by atoms with van der Waals surface area (Å²) in [7, 11) is 1.50. The van der Waals surface area contributed by atoms with Crippen LogP contribution in [0.1, 0.15) is 32.5 Å². The summed E-state index contributed by atoms with van der Waals surface area (Å²) < 4.78 is 6.86. The molecular formula is C13H18N4O2. The number of pyridine rings is 1. The molecule has 1 atom stereocenters. The van der Waals surface area contributed by atoms with Gasteiger partial charge in [-0.1, -0.05) is 13.8 Å². The van der Waals surface area contributed by atoms with E-state index in [4.69, 9.17) is 4.74 Å². The maximum Gasteiger partial charge on any atom is 0.253 e. The van der Waals surface area contributed by atoms with E-state index < -0.39 is 6.10 Å². The van der Waals surface area contributed by atoms with Crippen LogP contribution in [0.2, 0.25) is 0 Å². The first-order valence-electron chi connectivity index (χ1n) is 6.21. The maximum atomic E-state index is 11.8. The van der Waals surface area contributed by atoms with Crippen LogP contribution in [-0.2, 0) is 9.53 Å². The van der Waals surface area contributed by atoms with E-state index in [1.165, 1.54) is 7.11 Å². The van der Waals surface area contributed by atoms with Crippen LogP contribution in [-0.4, -0.2) is 33.7 Å². The highest BCUT2D eigenvalue weighted by atomic mass is 16.5. The fourth-order valence-electron chi connectivity index (χ4n) is 1.73. The predicted molar refractivity (Wildman–Crippen MR) is 72.2 cm³/mol. The van der Waals surface area contributed by atoms with Crippen molar-refractivity contribution in [2.45, 2.75) is 32.8 Å². The molecule has 0 saturated carbocycles. The van der Waals surface area contributed by atoms with E-state index in [9.17, 15) is 4.79 Å². The number of rotatable bonds is 4. The van der Waals surface area contributed by atoms with Gasteiger partial charge in [-0.2, -0.15) is 0 Å². The zero-order valence-corrected chi connectivity index (χ0v) is 11.5. The molecular weight excluding hydrogens is 244 g/mol. The average Bonchev–Trinajstić information content (AvgIpc) is 2.80. The fraction of sp³-hybridized carbons (Fsp3) is 0.462. The molecule has 2 aromatic heterocycles. The lowest BCUT2D eigenvalue weighted by molar-refractivity contribution is -0.124. The van der Waals surface area contributed by atoms with Gasteiger partial charge in [-0.25, -0.2) is 0 Å². The Hall–Kier alpha value is -1.95. The van der Waals surface area contributed by atoms with E-state index in [2.05, 4.69) is 29.4 Å². The minimum Gasteiger partial charge on any atom is -0.372 e. The Morgan fingerprint density at radius 1 is 1.32 bits per heavy atom. The number of ether oxygens (including phenoxy) is 1. The fourth-order valence-corrected chi connectivity index (χ4v) is 1.73. The summed E-state index contributed by atoms with van der Waals surface area (Å²) in [6.07, 6.45) is 1.34. The third-order valence-corrected chi connectivity index (χ3v) is 2.94. The van der Waals surface area contributed by atoms with Crippen molar-refractivity contribution in [3.63, 3.8) is 0 Å². The van der Waals surface area contributed by atoms with Crippen molar-refractivity contribution in [2.24, 2.45) is 0 Å². The first kappa shape index (κ1) is 13.5. The molecule has 0 fully saturated rings. The Bertz CT molecular complexity index is 591. The zero-order chi connectivity index (χ0) is 14.0. The number of hydrogen-bond acceptors (Lipinski definition) is 4. The number of amides is 1. The number of nitrogens with one attached hydrogen (secondary N) is 1. The molecule has 2 aromatic rings. The molecule has 0 aromatic carbocycles. The van der Waals surface area contributed by atoms with Gasteiger partial charge in [0, 0.05) is 19.2 Å². The molecule has 0 saturated heterocycles. The first-order valence-corrected chi connectivity index (χ1v) is 6.21. The van der Waals surface area contributed by atoms with Crippen molar-refractivity contribution in [1.29, 1.82) is 0 Å². The molecule has 1 N–H and O–H groups in total. The molecule has 0 aliphatic carbocycles. The third kappa shape index (κ3) is 2.73. The molecule has 6 heteroatoms. The topological polar surface area (TPSA) is 68.5 Å². The van der Waals surface area contributed by atoms with Crippen LogP contribution >= 0.6 is 0 Å². The molecule has 0 bridgehead atoms. The molecule has 2 rings (SSSR count). The van der Waals surface area contributed by atoms with Crippen LogP contribution < -0.4 is 5.32 Å². The summed E-state index contributed by atoms with van der Waals surface area (Å²) in [6, 6.07) is 3.63. The largest absolute Gasteiger partial charge is 0.372 e. The molecule has 19 heavy (non-hydrogen) atoms. The summed E-state index contributed by atoms with van der Waals surface area (Å²) in [6.45, 7) is 5.80. The quantitative estimate of drug-likeness (QED) is 0.912. The molecule has 2 heterocycles. The normalized spacial score (nSPS) is 12.9. The highest BCUT2D eigenvalue weighted by molar-refractivity contribution is 5.93. The summed E-state index contributed by atoms with van der Waals surface area (Å²) >= 11 is 0. The number of fused-ring (bicyclic) bond motifs is 1. The number of nitrogens with zero attached hydrogens (tertiary/aromatic N) is 3. The Morgan fingerprint density at radius 2 is 2.05 bits per heavy atom. The summed E-state index contributed by atoms with van der Waals surface area (Å²) in [5.74, 6) is 0.950. The van der Waals surface area contributed by atoms with Crippen LogP contribution in [0.3, 0.4) is 0 Å². The van der Waals surface area contributed by atoms with Gasteiger partial charge < -0.3 is 10.1 Å². The molecule has 6 nitrogen and oxygen atoms in total. The average molecular weight is 262 g/mol. The van der Waals surface area contributed by atoms with Crippen molar-refractivity contribution in [3.8, 4) is 0 Å². The lowest BCUT2D eigenvalue weighted by atomic mass is 10.2. The molecule has 1 unspecified atom stereocenters. The second kappa shape index (κ2) is 5.36. The third-order valence-electron chi connectivity index (χ3n) is 2.94. The van der Waals surface area contributed by atoms with Gasteiger partial charge in [-0.15, -0.1) is 10.2 Å². The molecule has 0 spiro atoms. The van der Waals surface area contributed by atoms with Crippen LogP contribution in [0.15, 0.2) is 18.3 Å². The molecule has 0 aliphatic rings. The van der Waals surface area contributed by atoms with Crippen LogP contribution in [0, 0.1) is 0 Å². The first-order chi connectivity index (χ1) is 9.02. The summed E-state index contributed by atoms with van der Waals surface area (Å²) in [4.78, 5) is 11.8. The second-order valence-electron chi connectivity index (χ2n) is 4.73. The summed E-state index contributed by atoms with van der Waals surface area (Å²) in [5.41, 5.74) is 1.46. The van der Waals surface area contributed by atoms with Crippen molar-refractivity contribution in [2.75, 3.05) is 12.4 Å².